The molecule has 19 heavy (non-hydrogen) atoms. The molecular weight excluding hydrogens is 242 g/mol. The summed E-state index contributed by atoms with van der Waals surface area (Å²) in [6.45, 7) is 9.68. The molecule has 2 saturated heterocycles. The van der Waals surface area contributed by atoms with E-state index in [-0.39, 0.29) is 24.0 Å². The Bertz CT molecular complexity index is 298. The van der Waals surface area contributed by atoms with Crippen molar-refractivity contribution in [1.82, 2.24) is 15.5 Å². The van der Waals surface area contributed by atoms with E-state index < -0.39 is 0 Å². The van der Waals surface area contributed by atoms with Crippen LogP contribution in [0.4, 0.5) is 0 Å². The van der Waals surface area contributed by atoms with Crippen LogP contribution in [0, 0.1) is 5.92 Å². The minimum Gasteiger partial charge on any atom is -0.374 e. The predicted octanol–water partition coefficient (Wildman–Crippen LogP) is 0.211. The molecule has 5 heteroatoms. The molecule has 2 heterocycles. The number of hydrogen-bond acceptors (Lipinski definition) is 4. The third kappa shape index (κ3) is 4.16. The zero-order valence-electron chi connectivity index (χ0n) is 12.2. The van der Waals surface area contributed by atoms with E-state index in [1.807, 2.05) is 0 Å². The minimum atomic E-state index is 0.111. The van der Waals surface area contributed by atoms with Crippen LogP contribution in [0.1, 0.15) is 26.7 Å². The van der Waals surface area contributed by atoms with Crippen LogP contribution in [0.2, 0.25) is 0 Å². The molecule has 0 aromatic heterocycles. The van der Waals surface area contributed by atoms with E-state index in [0.29, 0.717) is 6.54 Å². The molecule has 0 aliphatic carbocycles. The van der Waals surface area contributed by atoms with E-state index in [0.717, 1.165) is 45.6 Å². The maximum atomic E-state index is 12.2. The van der Waals surface area contributed by atoms with Crippen molar-refractivity contribution in [3.05, 3.63) is 0 Å². The van der Waals surface area contributed by atoms with Crippen molar-refractivity contribution in [2.75, 3.05) is 39.3 Å². The Kier molecular flexibility index (Phi) is 5.60. The van der Waals surface area contributed by atoms with Crippen LogP contribution in [0.3, 0.4) is 0 Å². The monoisotopic (exact) mass is 269 g/mol. The molecule has 0 spiro atoms. The molecule has 5 nitrogen and oxygen atoms in total. The van der Waals surface area contributed by atoms with Crippen molar-refractivity contribution in [3.8, 4) is 0 Å². The lowest BCUT2D eigenvalue weighted by Gasteiger charge is -2.33. The Morgan fingerprint density at radius 2 is 2.37 bits per heavy atom. The van der Waals surface area contributed by atoms with Gasteiger partial charge in [0.25, 0.3) is 0 Å². The third-order valence-electron chi connectivity index (χ3n) is 4.27. The van der Waals surface area contributed by atoms with Crippen LogP contribution in [0.25, 0.3) is 0 Å². The first kappa shape index (κ1) is 14.8. The number of carbonyl (C=O) groups is 1. The summed E-state index contributed by atoms with van der Waals surface area (Å²) in [5.74, 6) is 0.288. The number of morpholine rings is 1. The van der Waals surface area contributed by atoms with E-state index in [4.69, 9.17) is 4.74 Å². The predicted molar refractivity (Wildman–Crippen MR) is 75.1 cm³/mol. The molecular formula is C14H27N3O2. The highest BCUT2D eigenvalue weighted by molar-refractivity contribution is 5.79. The molecule has 2 aliphatic rings. The lowest BCUT2D eigenvalue weighted by atomic mass is 9.91. The zero-order valence-corrected chi connectivity index (χ0v) is 12.2. The first-order valence-electron chi connectivity index (χ1n) is 7.55. The summed E-state index contributed by atoms with van der Waals surface area (Å²) in [6.07, 6.45) is 2.22. The van der Waals surface area contributed by atoms with Gasteiger partial charge in [0.15, 0.2) is 0 Å². The van der Waals surface area contributed by atoms with Gasteiger partial charge in [-0.25, -0.2) is 0 Å². The SMILES string of the molecule is CCN1CCOC(CNC(=O)C2CCCNC2C)C1. The smallest absolute Gasteiger partial charge is 0.224 e. The van der Waals surface area contributed by atoms with Gasteiger partial charge in [0.2, 0.25) is 5.91 Å². The Morgan fingerprint density at radius 3 is 3.11 bits per heavy atom. The van der Waals surface area contributed by atoms with Gasteiger partial charge in [0.1, 0.15) is 0 Å². The number of nitrogens with one attached hydrogen (secondary N) is 2. The number of nitrogens with zero attached hydrogens (tertiary/aromatic N) is 1. The highest BCUT2D eigenvalue weighted by Crippen LogP contribution is 2.16. The molecule has 2 rings (SSSR count). The van der Waals surface area contributed by atoms with E-state index in [9.17, 15) is 4.79 Å². The minimum absolute atomic E-state index is 0.111. The maximum absolute atomic E-state index is 12.2. The summed E-state index contributed by atoms with van der Waals surface area (Å²) in [7, 11) is 0. The van der Waals surface area contributed by atoms with E-state index in [1.54, 1.807) is 0 Å². The summed E-state index contributed by atoms with van der Waals surface area (Å²) in [6, 6.07) is 0.285. The molecule has 0 aromatic rings. The number of rotatable bonds is 4. The van der Waals surface area contributed by atoms with Crippen LogP contribution in [-0.2, 0) is 9.53 Å². The summed E-state index contributed by atoms with van der Waals surface area (Å²) < 4.78 is 5.70. The van der Waals surface area contributed by atoms with Gasteiger partial charge in [0, 0.05) is 25.7 Å². The fourth-order valence-electron chi connectivity index (χ4n) is 2.94. The Balaban J connectivity index is 1.73. The van der Waals surface area contributed by atoms with Gasteiger partial charge in [-0.2, -0.15) is 0 Å². The van der Waals surface area contributed by atoms with E-state index >= 15 is 0 Å². The topological polar surface area (TPSA) is 53.6 Å². The van der Waals surface area contributed by atoms with Crippen LogP contribution in [0.15, 0.2) is 0 Å². The molecule has 2 fully saturated rings. The molecule has 0 radical (unpaired) electrons. The summed E-state index contributed by atoms with van der Waals surface area (Å²) in [4.78, 5) is 14.5. The van der Waals surface area contributed by atoms with Gasteiger partial charge in [-0.3, -0.25) is 9.69 Å². The molecule has 2 N–H and O–H groups in total. The summed E-state index contributed by atoms with van der Waals surface area (Å²) >= 11 is 0. The van der Waals surface area contributed by atoms with Gasteiger partial charge in [-0.05, 0) is 32.9 Å². The highest BCUT2D eigenvalue weighted by atomic mass is 16.5. The van der Waals surface area contributed by atoms with Gasteiger partial charge < -0.3 is 15.4 Å². The first-order valence-corrected chi connectivity index (χ1v) is 7.55. The fraction of sp³-hybridized carbons (Fsp3) is 0.929. The lowest BCUT2D eigenvalue weighted by molar-refractivity contribution is -0.127. The van der Waals surface area contributed by atoms with Crippen molar-refractivity contribution in [1.29, 1.82) is 0 Å². The number of piperidine rings is 1. The van der Waals surface area contributed by atoms with Gasteiger partial charge >= 0.3 is 0 Å². The number of carbonyl (C=O) groups excluding carboxylic acids is 1. The Labute approximate surface area is 116 Å². The van der Waals surface area contributed by atoms with Crippen molar-refractivity contribution in [2.45, 2.75) is 38.8 Å². The fourth-order valence-corrected chi connectivity index (χ4v) is 2.94. The summed E-state index contributed by atoms with van der Waals surface area (Å²) in [5, 5.41) is 6.43. The van der Waals surface area contributed by atoms with Gasteiger partial charge in [-0.15, -0.1) is 0 Å². The third-order valence-corrected chi connectivity index (χ3v) is 4.27. The number of ether oxygens (including phenoxy) is 1. The average Bonchev–Trinajstić information content (AvgIpc) is 2.45. The molecule has 0 saturated carbocycles. The van der Waals surface area contributed by atoms with Gasteiger partial charge in [-0.1, -0.05) is 6.92 Å². The van der Waals surface area contributed by atoms with E-state index in [2.05, 4.69) is 29.4 Å². The summed E-state index contributed by atoms with van der Waals surface area (Å²) in [5.41, 5.74) is 0. The lowest BCUT2D eigenvalue weighted by Crippen LogP contribution is -2.51. The largest absolute Gasteiger partial charge is 0.374 e. The quantitative estimate of drug-likeness (QED) is 0.766. The molecule has 1 amide bonds. The normalized spacial score (nSPS) is 33.1. The van der Waals surface area contributed by atoms with Crippen LogP contribution < -0.4 is 10.6 Å². The standard InChI is InChI=1S/C14H27N3O2/c1-3-17-7-8-19-12(10-17)9-16-14(18)13-5-4-6-15-11(13)2/h11-13,15H,3-10H2,1-2H3,(H,16,18). The molecule has 0 bridgehead atoms. The van der Waals surface area contributed by atoms with Gasteiger partial charge in [0.05, 0.1) is 18.6 Å². The zero-order chi connectivity index (χ0) is 13.7. The molecule has 3 atom stereocenters. The van der Waals surface area contributed by atoms with Crippen molar-refractivity contribution < 1.29 is 9.53 Å². The molecule has 2 aliphatic heterocycles. The second kappa shape index (κ2) is 7.22. The Hall–Kier alpha value is -0.650. The van der Waals surface area contributed by atoms with E-state index in [1.165, 1.54) is 0 Å². The Morgan fingerprint density at radius 1 is 1.53 bits per heavy atom. The second-order valence-electron chi connectivity index (χ2n) is 5.62. The molecule has 110 valence electrons. The average molecular weight is 269 g/mol. The van der Waals surface area contributed by atoms with Crippen molar-refractivity contribution in [2.24, 2.45) is 5.92 Å². The number of amides is 1. The first-order chi connectivity index (χ1) is 9.20. The molecule has 0 aromatic carbocycles. The molecule has 3 unspecified atom stereocenters. The van der Waals surface area contributed by atoms with Crippen molar-refractivity contribution >= 4 is 5.91 Å². The second-order valence-corrected chi connectivity index (χ2v) is 5.62. The van der Waals surface area contributed by atoms with Crippen LogP contribution >= 0.6 is 0 Å². The number of hydrogen-bond donors (Lipinski definition) is 2. The van der Waals surface area contributed by atoms with Crippen LogP contribution in [0.5, 0.6) is 0 Å². The maximum Gasteiger partial charge on any atom is 0.224 e. The van der Waals surface area contributed by atoms with Crippen LogP contribution in [-0.4, -0.2) is 62.3 Å². The number of likely N-dealkylation sites (N-methyl/N-ethyl adjacent to an activating group) is 1. The van der Waals surface area contributed by atoms with Crippen molar-refractivity contribution in [3.63, 3.8) is 0 Å². The highest BCUT2D eigenvalue weighted by Gasteiger charge is 2.28.